The number of nitrogens with zero attached hydrogens (tertiary/aromatic N) is 1. The molecule has 1 aromatic rings. The van der Waals surface area contributed by atoms with Crippen LogP contribution >= 0.6 is 23.2 Å². The summed E-state index contributed by atoms with van der Waals surface area (Å²) in [5.74, 6) is 0.661. The lowest BCUT2D eigenvalue weighted by Crippen LogP contribution is -2.37. The molecular weight excluding hydrogens is 299 g/mol. The lowest BCUT2D eigenvalue weighted by Gasteiger charge is -2.21. The third-order valence-corrected chi connectivity index (χ3v) is 4.17. The molecule has 0 radical (unpaired) electrons. The van der Waals surface area contributed by atoms with E-state index in [1.54, 1.807) is 18.2 Å². The smallest absolute Gasteiger partial charge is 0.260 e. The van der Waals surface area contributed by atoms with Gasteiger partial charge < -0.3 is 15.4 Å². The minimum atomic E-state index is -0.0653. The molecule has 1 fully saturated rings. The highest BCUT2D eigenvalue weighted by atomic mass is 35.5. The minimum Gasteiger partial charge on any atom is -0.481 e. The maximum absolute atomic E-state index is 12.2. The lowest BCUT2D eigenvalue weighted by atomic mass is 10.1. The fourth-order valence-corrected chi connectivity index (χ4v) is 3.00. The van der Waals surface area contributed by atoms with Crippen LogP contribution in [0.2, 0.25) is 10.0 Å². The fourth-order valence-electron chi connectivity index (χ4n) is 2.50. The number of amides is 1. The number of halogens is 2. The van der Waals surface area contributed by atoms with Crippen molar-refractivity contribution in [2.75, 3.05) is 19.7 Å². The van der Waals surface area contributed by atoms with E-state index in [0.717, 1.165) is 6.42 Å². The van der Waals surface area contributed by atoms with Gasteiger partial charge in [-0.15, -0.1) is 0 Å². The SMILES string of the molecule is CC1CC(CN)CN1C(=O)COc1c(Cl)cccc1Cl. The number of nitrogens with two attached hydrogens (primary N) is 1. The number of benzene rings is 1. The van der Waals surface area contributed by atoms with E-state index in [4.69, 9.17) is 33.7 Å². The van der Waals surface area contributed by atoms with Crippen LogP contribution in [0.4, 0.5) is 0 Å². The van der Waals surface area contributed by atoms with E-state index < -0.39 is 0 Å². The zero-order valence-electron chi connectivity index (χ0n) is 11.3. The van der Waals surface area contributed by atoms with Crippen LogP contribution in [-0.4, -0.2) is 36.5 Å². The second-order valence-corrected chi connectivity index (χ2v) is 5.89. The summed E-state index contributed by atoms with van der Waals surface area (Å²) in [5, 5.41) is 0.805. The topological polar surface area (TPSA) is 55.6 Å². The Morgan fingerprint density at radius 3 is 2.65 bits per heavy atom. The van der Waals surface area contributed by atoms with Crippen molar-refractivity contribution in [3.8, 4) is 5.75 Å². The van der Waals surface area contributed by atoms with E-state index >= 15 is 0 Å². The summed E-state index contributed by atoms with van der Waals surface area (Å²) in [6.07, 6.45) is 0.940. The Balaban J connectivity index is 1.96. The van der Waals surface area contributed by atoms with Crippen molar-refractivity contribution in [2.45, 2.75) is 19.4 Å². The number of hydrogen-bond donors (Lipinski definition) is 1. The Bertz CT molecular complexity index is 476. The maximum Gasteiger partial charge on any atom is 0.260 e. The van der Waals surface area contributed by atoms with Crippen LogP contribution in [0.1, 0.15) is 13.3 Å². The van der Waals surface area contributed by atoms with Gasteiger partial charge in [-0.3, -0.25) is 4.79 Å². The van der Waals surface area contributed by atoms with Crippen LogP contribution in [0.25, 0.3) is 0 Å². The molecular formula is C14H18Cl2N2O2. The normalized spacial score (nSPS) is 22.1. The number of hydrogen-bond acceptors (Lipinski definition) is 3. The Kier molecular flexibility index (Phi) is 5.13. The van der Waals surface area contributed by atoms with E-state index in [9.17, 15) is 4.79 Å². The van der Waals surface area contributed by atoms with Gasteiger partial charge in [-0.1, -0.05) is 29.3 Å². The first-order valence-corrected chi connectivity index (χ1v) is 7.35. The molecule has 1 aromatic carbocycles. The molecule has 2 N–H and O–H groups in total. The molecule has 2 rings (SSSR count). The van der Waals surface area contributed by atoms with Crippen LogP contribution < -0.4 is 10.5 Å². The van der Waals surface area contributed by atoms with E-state index in [0.29, 0.717) is 34.8 Å². The molecule has 0 bridgehead atoms. The average Bonchev–Trinajstić information content (AvgIpc) is 2.79. The Labute approximate surface area is 128 Å². The number of carbonyl (C=O) groups is 1. The Hall–Kier alpha value is -0.970. The molecule has 0 aromatic heterocycles. The standard InChI is InChI=1S/C14H18Cl2N2O2/c1-9-5-10(6-17)7-18(9)13(19)8-20-14-11(15)3-2-4-12(14)16/h2-4,9-10H,5-8,17H2,1H3. The summed E-state index contributed by atoms with van der Waals surface area (Å²) in [5.41, 5.74) is 5.66. The van der Waals surface area contributed by atoms with Crippen LogP contribution in [0.3, 0.4) is 0 Å². The maximum atomic E-state index is 12.2. The van der Waals surface area contributed by atoms with E-state index in [2.05, 4.69) is 0 Å². The van der Waals surface area contributed by atoms with Gasteiger partial charge in [0.05, 0.1) is 10.0 Å². The summed E-state index contributed by atoms with van der Waals surface area (Å²) < 4.78 is 5.47. The van der Waals surface area contributed by atoms with Crippen molar-refractivity contribution in [3.05, 3.63) is 28.2 Å². The molecule has 0 spiro atoms. The van der Waals surface area contributed by atoms with Crippen LogP contribution in [-0.2, 0) is 4.79 Å². The van der Waals surface area contributed by atoms with Gasteiger partial charge >= 0.3 is 0 Å². The zero-order valence-corrected chi connectivity index (χ0v) is 12.8. The number of likely N-dealkylation sites (tertiary alicyclic amines) is 1. The van der Waals surface area contributed by atoms with Crippen LogP contribution in [0.5, 0.6) is 5.75 Å². The van der Waals surface area contributed by atoms with E-state index in [1.165, 1.54) is 0 Å². The number of carbonyl (C=O) groups excluding carboxylic acids is 1. The first-order chi connectivity index (χ1) is 9.52. The third kappa shape index (κ3) is 3.37. The van der Waals surface area contributed by atoms with Crippen molar-refractivity contribution >= 4 is 29.1 Å². The van der Waals surface area contributed by atoms with Gasteiger partial charge in [-0.05, 0) is 37.9 Å². The van der Waals surface area contributed by atoms with Gasteiger partial charge in [0.15, 0.2) is 12.4 Å². The van der Waals surface area contributed by atoms with Crippen LogP contribution in [0.15, 0.2) is 18.2 Å². The highest BCUT2D eigenvalue weighted by Gasteiger charge is 2.31. The average molecular weight is 317 g/mol. The first kappa shape index (κ1) is 15.4. The van der Waals surface area contributed by atoms with Crippen molar-refractivity contribution in [3.63, 3.8) is 0 Å². The second-order valence-electron chi connectivity index (χ2n) is 5.07. The van der Waals surface area contributed by atoms with E-state index in [-0.39, 0.29) is 18.6 Å². The lowest BCUT2D eigenvalue weighted by molar-refractivity contribution is -0.134. The summed E-state index contributed by atoms with van der Waals surface area (Å²) >= 11 is 12.0. The second kappa shape index (κ2) is 6.66. The molecule has 6 heteroatoms. The predicted octanol–water partition coefficient (Wildman–Crippen LogP) is 2.57. The van der Waals surface area contributed by atoms with Gasteiger partial charge in [0.1, 0.15) is 0 Å². The highest BCUT2D eigenvalue weighted by Crippen LogP contribution is 2.32. The molecule has 1 heterocycles. The van der Waals surface area contributed by atoms with E-state index in [1.807, 2.05) is 11.8 Å². The summed E-state index contributed by atoms with van der Waals surface area (Å²) in [4.78, 5) is 14.0. The van der Waals surface area contributed by atoms with Crippen molar-refractivity contribution in [2.24, 2.45) is 11.7 Å². The fraction of sp³-hybridized carbons (Fsp3) is 0.500. The molecule has 0 aliphatic carbocycles. The summed E-state index contributed by atoms with van der Waals surface area (Å²) in [6.45, 7) is 3.25. The summed E-state index contributed by atoms with van der Waals surface area (Å²) in [7, 11) is 0. The van der Waals surface area contributed by atoms with Gasteiger partial charge in [0.25, 0.3) is 5.91 Å². The first-order valence-electron chi connectivity index (χ1n) is 6.59. The quantitative estimate of drug-likeness (QED) is 0.928. The van der Waals surface area contributed by atoms with Gasteiger partial charge in [0, 0.05) is 12.6 Å². The Morgan fingerprint density at radius 1 is 1.45 bits per heavy atom. The molecule has 1 aliphatic rings. The molecule has 20 heavy (non-hydrogen) atoms. The molecule has 0 saturated carbocycles. The molecule has 1 amide bonds. The van der Waals surface area contributed by atoms with Crippen molar-refractivity contribution in [1.29, 1.82) is 0 Å². The monoisotopic (exact) mass is 316 g/mol. The Morgan fingerprint density at radius 2 is 2.10 bits per heavy atom. The number of rotatable bonds is 4. The number of ether oxygens (including phenoxy) is 1. The van der Waals surface area contributed by atoms with Crippen LogP contribution in [0, 0.1) is 5.92 Å². The van der Waals surface area contributed by atoms with Gasteiger partial charge in [-0.25, -0.2) is 0 Å². The molecule has 2 atom stereocenters. The molecule has 4 nitrogen and oxygen atoms in total. The minimum absolute atomic E-state index is 0.0644. The van der Waals surface area contributed by atoms with Crippen molar-refractivity contribution in [1.82, 2.24) is 4.90 Å². The molecule has 110 valence electrons. The largest absolute Gasteiger partial charge is 0.481 e. The van der Waals surface area contributed by atoms with Gasteiger partial charge in [0.2, 0.25) is 0 Å². The third-order valence-electron chi connectivity index (χ3n) is 3.57. The zero-order chi connectivity index (χ0) is 14.7. The summed E-state index contributed by atoms with van der Waals surface area (Å²) in [6, 6.07) is 5.28. The van der Waals surface area contributed by atoms with Crippen molar-refractivity contribution < 1.29 is 9.53 Å². The predicted molar refractivity (Wildman–Crippen MR) is 80.3 cm³/mol. The van der Waals surface area contributed by atoms with Gasteiger partial charge in [-0.2, -0.15) is 0 Å². The molecule has 2 unspecified atom stereocenters. The molecule has 1 aliphatic heterocycles. The highest BCUT2D eigenvalue weighted by molar-refractivity contribution is 6.37. The molecule has 1 saturated heterocycles. The number of para-hydroxylation sites is 1.